The second-order valence-corrected chi connectivity index (χ2v) is 10.5. The first-order valence-electron chi connectivity index (χ1n) is 13.8. The lowest BCUT2D eigenvalue weighted by Crippen LogP contribution is -2.30. The Bertz CT molecular complexity index is 1760. The molecule has 42 heavy (non-hydrogen) atoms. The topological polar surface area (TPSA) is 41.6 Å². The molecule has 1 heterocycles. The summed E-state index contributed by atoms with van der Waals surface area (Å²) in [5.41, 5.74) is 5.15. The second kappa shape index (κ2) is 11.3. The van der Waals surface area contributed by atoms with Crippen LogP contribution in [0.4, 0.5) is 18.9 Å². The van der Waals surface area contributed by atoms with Gasteiger partial charge in [0, 0.05) is 36.3 Å². The Labute approximate surface area is 242 Å². The number of nitrogens with one attached hydrogen (secondary N) is 1. The van der Waals surface area contributed by atoms with Crippen LogP contribution in [0.1, 0.15) is 32.6 Å². The molecule has 0 bridgehead atoms. The van der Waals surface area contributed by atoms with Gasteiger partial charge in [0.15, 0.2) is 0 Å². The number of methoxy groups -OCH3 is 1. The molecule has 0 atom stereocenters. The van der Waals surface area contributed by atoms with Crippen molar-refractivity contribution in [2.24, 2.45) is 0 Å². The summed E-state index contributed by atoms with van der Waals surface area (Å²) in [7, 11) is 1.69. The molecule has 0 radical (unpaired) electrons. The van der Waals surface area contributed by atoms with Crippen molar-refractivity contribution < 1.29 is 22.7 Å². The molecule has 5 aromatic rings. The summed E-state index contributed by atoms with van der Waals surface area (Å²) in [5.74, 6) is 0.559. The summed E-state index contributed by atoms with van der Waals surface area (Å²) < 4.78 is 44.6. The van der Waals surface area contributed by atoms with Gasteiger partial charge in [0.1, 0.15) is 5.75 Å². The van der Waals surface area contributed by atoms with Gasteiger partial charge in [-0.15, -0.1) is 0 Å². The zero-order valence-electron chi connectivity index (χ0n) is 23.0. The summed E-state index contributed by atoms with van der Waals surface area (Å²) in [6.45, 7) is 2.52. The number of rotatable bonds is 6. The number of halogens is 3. The highest BCUT2D eigenvalue weighted by molar-refractivity contribution is 6.08. The Balaban J connectivity index is 1.16. The summed E-state index contributed by atoms with van der Waals surface area (Å²) >= 11 is 0. The fraction of sp³-hybridized carbons (Fsp3) is 0.171. The maximum atomic E-state index is 13.3. The highest BCUT2D eigenvalue weighted by Crippen LogP contribution is 2.33. The number of fused-ring (bicyclic) bond motifs is 2. The molecular weight excluding hydrogens is 537 g/mol. The highest BCUT2D eigenvalue weighted by atomic mass is 19.4. The third kappa shape index (κ3) is 5.60. The zero-order valence-corrected chi connectivity index (χ0v) is 23.0. The number of anilines is 1. The lowest BCUT2D eigenvalue weighted by Gasteiger charge is -2.29. The third-order valence-corrected chi connectivity index (χ3v) is 7.84. The molecule has 0 fully saturated rings. The van der Waals surface area contributed by atoms with E-state index in [1.54, 1.807) is 31.4 Å². The number of hydrogen-bond donors (Lipinski definition) is 1. The van der Waals surface area contributed by atoms with Crippen molar-refractivity contribution in [1.29, 1.82) is 0 Å². The standard InChI is InChI=1S/C35H29F3N2O2/c1-42-33-17-13-26(30-7-2-4-8-31(30)33)22-40-19-18-24-20-28(16-12-25(24)21-40)39-34(41)32-9-5-3-6-29(32)23-10-14-27(15-11-23)35(36,37)38/h2-17,20H,18-19,21-22H2,1H3,(H,39,41). The van der Waals surface area contributed by atoms with Crippen LogP contribution in [-0.4, -0.2) is 24.5 Å². The van der Waals surface area contributed by atoms with E-state index in [2.05, 4.69) is 40.5 Å². The van der Waals surface area contributed by atoms with Gasteiger partial charge in [0.05, 0.1) is 12.7 Å². The van der Waals surface area contributed by atoms with E-state index in [1.165, 1.54) is 34.2 Å². The molecule has 7 heteroatoms. The molecular formula is C35H29F3N2O2. The molecule has 1 aliphatic heterocycles. The maximum absolute atomic E-state index is 13.3. The quantitative estimate of drug-likeness (QED) is 0.225. The lowest BCUT2D eigenvalue weighted by atomic mass is 9.96. The predicted octanol–water partition coefficient (Wildman–Crippen LogP) is 8.34. The average Bonchev–Trinajstić information content (AvgIpc) is 3.01. The van der Waals surface area contributed by atoms with Crippen molar-refractivity contribution in [1.82, 2.24) is 4.90 Å². The third-order valence-electron chi connectivity index (χ3n) is 7.84. The van der Waals surface area contributed by atoms with Gasteiger partial charge in [0.25, 0.3) is 5.91 Å². The second-order valence-electron chi connectivity index (χ2n) is 10.5. The van der Waals surface area contributed by atoms with E-state index in [0.29, 0.717) is 22.4 Å². The first-order valence-corrected chi connectivity index (χ1v) is 13.8. The van der Waals surface area contributed by atoms with Crippen LogP contribution in [0.15, 0.2) is 103 Å². The van der Waals surface area contributed by atoms with Crippen LogP contribution in [0.3, 0.4) is 0 Å². The van der Waals surface area contributed by atoms with Crippen LogP contribution < -0.4 is 10.1 Å². The van der Waals surface area contributed by atoms with E-state index in [-0.39, 0.29) is 5.91 Å². The van der Waals surface area contributed by atoms with Gasteiger partial charge in [-0.2, -0.15) is 13.2 Å². The van der Waals surface area contributed by atoms with Crippen molar-refractivity contribution in [3.8, 4) is 16.9 Å². The van der Waals surface area contributed by atoms with Gasteiger partial charge in [0.2, 0.25) is 0 Å². The van der Waals surface area contributed by atoms with Crippen molar-refractivity contribution in [2.45, 2.75) is 25.7 Å². The fourth-order valence-electron chi connectivity index (χ4n) is 5.68. The van der Waals surface area contributed by atoms with Gasteiger partial charge in [-0.25, -0.2) is 0 Å². The molecule has 1 amide bonds. The molecule has 6 rings (SSSR count). The number of carbonyl (C=O) groups excluding carboxylic acids is 1. The van der Waals surface area contributed by atoms with Gasteiger partial charge < -0.3 is 10.1 Å². The molecule has 0 spiro atoms. The van der Waals surface area contributed by atoms with Crippen molar-refractivity contribution >= 4 is 22.4 Å². The number of benzene rings is 5. The number of alkyl halides is 3. The van der Waals surface area contributed by atoms with Crippen molar-refractivity contribution in [3.05, 3.63) is 131 Å². The monoisotopic (exact) mass is 566 g/mol. The molecule has 0 unspecified atom stereocenters. The van der Waals surface area contributed by atoms with E-state index in [4.69, 9.17) is 4.74 Å². The highest BCUT2D eigenvalue weighted by Gasteiger charge is 2.30. The average molecular weight is 567 g/mol. The van der Waals surface area contributed by atoms with Crippen LogP contribution in [0, 0.1) is 0 Å². The minimum atomic E-state index is -4.41. The zero-order chi connectivity index (χ0) is 29.3. The summed E-state index contributed by atoms with van der Waals surface area (Å²) in [6, 6.07) is 30.2. The number of nitrogens with zero attached hydrogens (tertiary/aromatic N) is 1. The fourth-order valence-corrected chi connectivity index (χ4v) is 5.68. The minimum Gasteiger partial charge on any atom is -0.496 e. The summed E-state index contributed by atoms with van der Waals surface area (Å²) in [5, 5.41) is 5.29. The van der Waals surface area contributed by atoms with E-state index >= 15 is 0 Å². The molecule has 0 aromatic heterocycles. The Morgan fingerprint density at radius 1 is 0.857 bits per heavy atom. The largest absolute Gasteiger partial charge is 0.496 e. The predicted molar refractivity (Wildman–Crippen MR) is 160 cm³/mol. The molecule has 5 aromatic carbocycles. The normalized spacial score (nSPS) is 13.5. The SMILES string of the molecule is COc1ccc(CN2CCc3cc(NC(=O)c4ccccc4-c4ccc(C(F)(F)F)cc4)ccc3C2)c2ccccc12. The van der Waals surface area contributed by atoms with E-state index in [9.17, 15) is 18.0 Å². The smallest absolute Gasteiger partial charge is 0.416 e. The van der Waals surface area contributed by atoms with E-state index in [1.807, 2.05) is 24.3 Å². The molecule has 1 aliphatic rings. The molecule has 212 valence electrons. The van der Waals surface area contributed by atoms with Crippen LogP contribution in [0.2, 0.25) is 0 Å². The van der Waals surface area contributed by atoms with E-state index in [0.717, 1.165) is 49.3 Å². The molecule has 0 saturated carbocycles. The number of ether oxygens (including phenoxy) is 1. The van der Waals surface area contributed by atoms with Gasteiger partial charge >= 0.3 is 6.18 Å². The minimum absolute atomic E-state index is 0.311. The van der Waals surface area contributed by atoms with E-state index < -0.39 is 11.7 Å². The lowest BCUT2D eigenvalue weighted by molar-refractivity contribution is -0.137. The number of carbonyl (C=O) groups is 1. The van der Waals surface area contributed by atoms with Crippen molar-refractivity contribution in [3.63, 3.8) is 0 Å². The first kappa shape index (κ1) is 27.5. The Kier molecular flexibility index (Phi) is 7.43. The Hall–Kier alpha value is -4.62. The number of hydrogen-bond acceptors (Lipinski definition) is 3. The summed E-state index contributed by atoms with van der Waals surface area (Å²) in [4.78, 5) is 15.7. The first-order chi connectivity index (χ1) is 20.3. The van der Waals surface area contributed by atoms with Crippen molar-refractivity contribution in [2.75, 3.05) is 19.0 Å². The molecule has 0 saturated heterocycles. The molecule has 0 aliphatic carbocycles. The van der Waals surface area contributed by atoms with Crippen LogP contribution in [0.5, 0.6) is 5.75 Å². The van der Waals surface area contributed by atoms with Gasteiger partial charge in [-0.3, -0.25) is 9.69 Å². The van der Waals surface area contributed by atoms with Crippen LogP contribution in [0.25, 0.3) is 21.9 Å². The Morgan fingerprint density at radius 2 is 1.60 bits per heavy atom. The Morgan fingerprint density at radius 3 is 2.36 bits per heavy atom. The summed E-state index contributed by atoms with van der Waals surface area (Å²) in [6.07, 6.45) is -3.56. The molecule has 4 nitrogen and oxygen atoms in total. The van der Waals surface area contributed by atoms with Crippen LogP contribution in [-0.2, 0) is 25.7 Å². The van der Waals surface area contributed by atoms with Gasteiger partial charge in [-0.1, -0.05) is 66.7 Å². The molecule has 1 N–H and O–H groups in total. The number of amides is 1. The maximum Gasteiger partial charge on any atom is 0.416 e. The van der Waals surface area contributed by atoms with Gasteiger partial charge in [-0.05, 0) is 76.0 Å². The van der Waals surface area contributed by atoms with Crippen LogP contribution >= 0.6 is 0 Å².